The number of rotatable bonds is 5. The van der Waals surface area contributed by atoms with Crippen LogP contribution < -0.4 is 5.73 Å². The molecule has 158 valence electrons. The second kappa shape index (κ2) is 8.03. The van der Waals surface area contributed by atoms with Crippen molar-refractivity contribution in [2.75, 3.05) is 13.1 Å². The molecule has 1 heterocycles. The number of nitrogens with one attached hydrogen (secondary N) is 1. The Kier molecular flexibility index (Phi) is 5.41. The van der Waals surface area contributed by atoms with Gasteiger partial charge in [0.15, 0.2) is 0 Å². The highest BCUT2D eigenvalue weighted by Gasteiger charge is 2.33. The van der Waals surface area contributed by atoms with E-state index in [1.807, 2.05) is 62.1 Å². The van der Waals surface area contributed by atoms with Crippen molar-refractivity contribution in [3.63, 3.8) is 0 Å². The third-order valence-electron chi connectivity index (χ3n) is 6.58. The highest BCUT2D eigenvalue weighted by atomic mass is 16.2. The average molecular weight is 413 g/mol. The predicted molar refractivity (Wildman–Crippen MR) is 122 cm³/mol. The number of hydrogen-bond donors (Lipinski definition) is 2. The maximum atomic E-state index is 13.2. The SMILES string of the molecule is C/C(C(=N)c1cc(C(=O)N2CC(c3ccc(C#N)cc3)C2)c(C)cc1C)=C(/N)C1CC1. The maximum Gasteiger partial charge on any atom is 0.254 e. The summed E-state index contributed by atoms with van der Waals surface area (Å²) in [6.45, 7) is 7.17. The van der Waals surface area contributed by atoms with Crippen LogP contribution in [-0.2, 0) is 0 Å². The molecule has 3 N–H and O–H groups in total. The monoisotopic (exact) mass is 412 g/mol. The standard InChI is InChI=1S/C26H28N4O/c1-15-10-16(2)23(11-22(15)25(29)17(3)24(28)20-8-9-20)26(31)30-13-21(14-30)19-6-4-18(12-27)5-7-19/h4-7,10-11,20-21,29H,8-9,13-14,28H2,1-3H3/b24-17-,29-25?. The van der Waals surface area contributed by atoms with Crippen molar-refractivity contribution in [1.82, 2.24) is 4.90 Å². The zero-order chi connectivity index (χ0) is 22.3. The fraction of sp³-hybridized carbons (Fsp3) is 0.346. The first-order chi connectivity index (χ1) is 14.8. The van der Waals surface area contributed by atoms with Crippen molar-refractivity contribution < 1.29 is 4.79 Å². The van der Waals surface area contributed by atoms with Gasteiger partial charge in [-0.15, -0.1) is 0 Å². The van der Waals surface area contributed by atoms with E-state index >= 15 is 0 Å². The number of nitrogens with zero attached hydrogens (tertiary/aromatic N) is 2. The molecule has 0 radical (unpaired) electrons. The molecule has 2 fully saturated rings. The van der Waals surface area contributed by atoms with Gasteiger partial charge in [0.05, 0.1) is 17.3 Å². The lowest BCUT2D eigenvalue weighted by atomic mass is 9.88. The minimum Gasteiger partial charge on any atom is -0.402 e. The summed E-state index contributed by atoms with van der Waals surface area (Å²) in [7, 11) is 0. The lowest BCUT2D eigenvalue weighted by molar-refractivity contribution is 0.0601. The van der Waals surface area contributed by atoms with Crippen LogP contribution in [0.1, 0.15) is 63.9 Å². The minimum atomic E-state index is 0.00763. The van der Waals surface area contributed by atoms with Gasteiger partial charge in [-0.2, -0.15) is 5.26 Å². The van der Waals surface area contributed by atoms with E-state index in [0.717, 1.165) is 46.4 Å². The van der Waals surface area contributed by atoms with Crippen LogP contribution in [-0.4, -0.2) is 29.6 Å². The highest BCUT2D eigenvalue weighted by molar-refractivity contribution is 6.12. The van der Waals surface area contributed by atoms with Gasteiger partial charge >= 0.3 is 0 Å². The van der Waals surface area contributed by atoms with E-state index in [1.54, 1.807) is 0 Å². The third-order valence-corrected chi connectivity index (χ3v) is 6.58. The number of nitrogens with two attached hydrogens (primary N) is 1. The number of likely N-dealkylation sites (tertiary alicyclic amines) is 1. The topological polar surface area (TPSA) is 94.0 Å². The van der Waals surface area contributed by atoms with Gasteiger partial charge in [0.2, 0.25) is 0 Å². The van der Waals surface area contributed by atoms with Crippen LogP contribution in [0.25, 0.3) is 0 Å². The number of carbonyl (C=O) groups is 1. The van der Waals surface area contributed by atoms with Crippen molar-refractivity contribution in [2.45, 2.75) is 39.5 Å². The fourth-order valence-electron chi connectivity index (χ4n) is 4.25. The van der Waals surface area contributed by atoms with Crippen molar-refractivity contribution in [3.05, 3.63) is 81.0 Å². The number of allylic oxidation sites excluding steroid dienone is 2. The number of carbonyl (C=O) groups excluding carboxylic acids is 1. The summed E-state index contributed by atoms with van der Waals surface area (Å²) < 4.78 is 0. The van der Waals surface area contributed by atoms with Crippen LogP contribution in [0.2, 0.25) is 0 Å². The van der Waals surface area contributed by atoms with Gasteiger partial charge in [0.1, 0.15) is 0 Å². The zero-order valence-electron chi connectivity index (χ0n) is 18.3. The average Bonchev–Trinajstić information content (AvgIpc) is 3.57. The first kappa shape index (κ1) is 20.9. The van der Waals surface area contributed by atoms with Gasteiger partial charge in [-0.05, 0) is 80.0 Å². The summed E-state index contributed by atoms with van der Waals surface area (Å²) in [5, 5.41) is 17.6. The van der Waals surface area contributed by atoms with Gasteiger partial charge in [-0.3, -0.25) is 10.2 Å². The van der Waals surface area contributed by atoms with Crippen molar-refractivity contribution >= 4 is 11.6 Å². The summed E-state index contributed by atoms with van der Waals surface area (Å²) >= 11 is 0. The molecule has 4 rings (SSSR count). The minimum absolute atomic E-state index is 0.00763. The summed E-state index contributed by atoms with van der Waals surface area (Å²) in [6.07, 6.45) is 2.20. The van der Waals surface area contributed by atoms with Gasteiger partial charge in [-0.25, -0.2) is 0 Å². The highest BCUT2D eigenvalue weighted by Crippen LogP contribution is 2.36. The van der Waals surface area contributed by atoms with E-state index in [0.29, 0.717) is 41.8 Å². The summed E-state index contributed by atoms with van der Waals surface area (Å²) in [6, 6.07) is 13.6. The Morgan fingerprint density at radius 1 is 1.10 bits per heavy atom. The first-order valence-electron chi connectivity index (χ1n) is 10.8. The Hall–Kier alpha value is -3.39. The molecule has 0 bridgehead atoms. The summed E-state index contributed by atoms with van der Waals surface area (Å²) in [5.41, 5.74) is 13.4. The van der Waals surface area contributed by atoms with Crippen LogP contribution in [0.4, 0.5) is 0 Å². The van der Waals surface area contributed by atoms with Crippen LogP contribution in [0.15, 0.2) is 47.7 Å². The smallest absolute Gasteiger partial charge is 0.254 e. The third kappa shape index (κ3) is 3.98. The molecule has 1 saturated heterocycles. The number of amides is 1. The molecule has 2 aromatic carbocycles. The molecule has 1 amide bonds. The molecule has 2 aromatic rings. The van der Waals surface area contributed by atoms with E-state index in [1.165, 1.54) is 0 Å². The second-order valence-electron chi connectivity index (χ2n) is 8.85. The van der Waals surface area contributed by atoms with E-state index < -0.39 is 0 Å². The molecule has 1 aliphatic carbocycles. The quantitative estimate of drug-likeness (QED) is 0.712. The van der Waals surface area contributed by atoms with Crippen LogP contribution in [0, 0.1) is 36.5 Å². The first-order valence-corrected chi connectivity index (χ1v) is 10.8. The lowest BCUT2D eigenvalue weighted by Gasteiger charge is -2.40. The molecule has 5 nitrogen and oxygen atoms in total. The summed E-state index contributed by atoms with van der Waals surface area (Å²) in [5.74, 6) is 0.712. The molecular weight excluding hydrogens is 384 g/mol. The van der Waals surface area contributed by atoms with Crippen molar-refractivity contribution in [2.24, 2.45) is 11.7 Å². The number of hydrogen-bond acceptors (Lipinski definition) is 4. The van der Waals surface area contributed by atoms with Crippen molar-refractivity contribution in [3.8, 4) is 6.07 Å². The number of nitriles is 1. The molecule has 0 atom stereocenters. The van der Waals surface area contributed by atoms with E-state index in [9.17, 15) is 4.79 Å². The molecule has 31 heavy (non-hydrogen) atoms. The molecule has 0 aromatic heterocycles. The lowest BCUT2D eigenvalue weighted by Crippen LogP contribution is -2.48. The number of benzene rings is 2. The molecule has 1 aliphatic heterocycles. The molecule has 1 saturated carbocycles. The molecule has 5 heteroatoms. The fourth-order valence-corrected chi connectivity index (χ4v) is 4.25. The van der Waals surface area contributed by atoms with E-state index in [4.69, 9.17) is 16.4 Å². The Bertz CT molecular complexity index is 1130. The Morgan fingerprint density at radius 2 is 1.71 bits per heavy atom. The van der Waals surface area contributed by atoms with Gasteiger partial charge < -0.3 is 10.6 Å². The maximum absolute atomic E-state index is 13.2. The van der Waals surface area contributed by atoms with E-state index in [2.05, 4.69) is 6.07 Å². The van der Waals surface area contributed by atoms with E-state index in [-0.39, 0.29) is 5.91 Å². The molecule has 0 spiro atoms. The predicted octanol–water partition coefficient (Wildman–Crippen LogP) is 4.43. The van der Waals surface area contributed by atoms with Crippen LogP contribution in [0.5, 0.6) is 0 Å². The Balaban J connectivity index is 1.52. The molecule has 2 aliphatic rings. The molecule has 0 unspecified atom stereocenters. The van der Waals surface area contributed by atoms with Gasteiger partial charge in [0.25, 0.3) is 5.91 Å². The Morgan fingerprint density at radius 3 is 2.29 bits per heavy atom. The number of aryl methyl sites for hydroxylation is 2. The second-order valence-corrected chi connectivity index (χ2v) is 8.85. The largest absolute Gasteiger partial charge is 0.402 e. The normalized spacial score (nSPS) is 16.9. The van der Waals surface area contributed by atoms with Gasteiger partial charge in [0, 0.05) is 35.8 Å². The zero-order valence-corrected chi connectivity index (χ0v) is 18.3. The van der Waals surface area contributed by atoms with Gasteiger partial charge in [-0.1, -0.05) is 18.2 Å². The van der Waals surface area contributed by atoms with Crippen LogP contribution in [0.3, 0.4) is 0 Å². The molecular formula is C26H28N4O. The Labute approximate surface area is 183 Å². The summed E-state index contributed by atoms with van der Waals surface area (Å²) in [4.78, 5) is 15.1. The van der Waals surface area contributed by atoms with Crippen LogP contribution >= 0.6 is 0 Å². The van der Waals surface area contributed by atoms with Crippen molar-refractivity contribution in [1.29, 1.82) is 10.7 Å².